The molecule has 1 aliphatic rings. The van der Waals surface area contributed by atoms with Crippen molar-refractivity contribution in [2.24, 2.45) is 0 Å². The van der Waals surface area contributed by atoms with Crippen LogP contribution in [-0.2, 0) is 16.1 Å². The summed E-state index contributed by atoms with van der Waals surface area (Å²) in [6.45, 7) is 4.09. The highest BCUT2D eigenvalue weighted by atomic mass is 79.9. The van der Waals surface area contributed by atoms with Crippen LogP contribution in [0.3, 0.4) is 0 Å². The predicted octanol–water partition coefficient (Wildman–Crippen LogP) is 2.25. The monoisotopic (exact) mass is 313 g/mol. The lowest BCUT2D eigenvalue weighted by Crippen LogP contribution is -2.23. The molecule has 0 aromatic heterocycles. The Bertz CT molecular complexity index is 436. The molecule has 1 aromatic carbocycles. The summed E-state index contributed by atoms with van der Waals surface area (Å²) < 4.78 is 11.5. The molecule has 1 aliphatic heterocycles. The standard InChI is InChI=1S/C13H16BrNO3/c1-2-15-8-9-4-3-5-10(14)12(9)18-11-6-7-17-13(11)16/h3-5,11,15H,2,6-8H2,1H3. The summed E-state index contributed by atoms with van der Waals surface area (Å²) in [7, 11) is 0. The van der Waals surface area contributed by atoms with E-state index in [1.54, 1.807) is 0 Å². The molecule has 1 atom stereocenters. The number of para-hydroxylation sites is 1. The highest BCUT2D eigenvalue weighted by Crippen LogP contribution is 2.31. The molecule has 18 heavy (non-hydrogen) atoms. The Hall–Kier alpha value is -1.07. The van der Waals surface area contributed by atoms with E-state index < -0.39 is 6.10 Å². The van der Waals surface area contributed by atoms with Gasteiger partial charge in [-0.3, -0.25) is 0 Å². The van der Waals surface area contributed by atoms with E-state index in [1.807, 2.05) is 25.1 Å². The number of carbonyl (C=O) groups excluding carboxylic acids is 1. The normalized spacial score (nSPS) is 18.8. The molecular formula is C13H16BrNO3. The molecule has 1 fully saturated rings. The first-order valence-electron chi connectivity index (χ1n) is 6.03. The van der Waals surface area contributed by atoms with E-state index in [9.17, 15) is 4.79 Å². The largest absolute Gasteiger partial charge is 0.477 e. The number of hydrogen-bond donors (Lipinski definition) is 1. The molecule has 1 unspecified atom stereocenters. The van der Waals surface area contributed by atoms with Gasteiger partial charge < -0.3 is 14.8 Å². The molecule has 0 saturated carbocycles. The maximum absolute atomic E-state index is 11.4. The first-order chi connectivity index (χ1) is 8.72. The number of cyclic esters (lactones) is 1. The highest BCUT2D eigenvalue weighted by Gasteiger charge is 2.29. The number of carbonyl (C=O) groups is 1. The number of hydrogen-bond acceptors (Lipinski definition) is 4. The Morgan fingerprint density at radius 1 is 1.56 bits per heavy atom. The average molecular weight is 314 g/mol. The summed E-state index contributed by atoms with van der Waals surface area (Å²) in [4.78, 5) is 11.4. The van der Waals surface area contributed by atoms with Gasteiger partial charge >= 0.3 is 5.97 Å². The summed E-state index contributed by atoms with van der Waals surface area (Å²) in [6.07, 6.45) is 0.130. The molecular weight excluding hydrogens is 298 g/mol. The fraction of sp³-hybridized carbons (Fsp3) is 0.462. The van der Waals surface area contributed by atoms with Crippen LogP contribution in [0.15, 0.2) is 22.7 Å². The minimum absolute atomic E-state index is 0.278. The molecule has 0 bridgehead atoms. The highest BCUT2D eigenvalue weighted by molar-refractivity contribution is 9.10. The topological polar surface area (TPSA) is 47.6 Å². The molecule has 1 aromatic rings. The zero-order valence-electron chi connectivity index (χ0n) is 10.2. The van der Waals surface area contributed by atoms with Crippen LogP contribution in [0.2, 0.25) is 0 Å². The Balaban J connectivity index is 2.16. The van der Waals surface area contributed by atoms with E-state index in [1.165, 1.54) is 0 Å². The predicted molar refractivity (Wildman–Crippen MR) is 71.5 cm³/mol. The third-order valence-electron chi connectivity index (χ3n) is 2.76. The van der Waals surface area contributed by atoms with Crippen molar-refractivity contribution in [2.75, 3.05) is 13.2 Å². The van der Waals surface area contributed by atoms with Crippen molar-refractivity contribution in [1.82, 2.24) is 5.32 Å². The van der Waals surface area contributed by atoms with Crippen LogP contribution in [0, 0.1) is 0 Å². The van der Waals surface area contributed by atoms with Gasteiger partial charge in [-0.15, -0.1) is 0 Å². The number of esters is 1. The SMILES string of the molecule is CCNCc1cccc(Br)c1OC1CCOC1=O. The van der Waals surface area contributed by atoms with E-state index in [2.05, 4.69) is 21.2 Å². The summed E-state index contributed by atoms with van der Waals surface area (Å²) >= 11 is 3.46. The molecule has 2 rings (SSSR count). The molecule has 0 spiro atoms. The first kappa shape index (κ1) is 13.4. The Morgan fingerprint density at radius 3 is 3.06 bits per heavy atom. The Labute approximate surface area is 115 Å². The third kappa shape index (κ3) is 3.03. The van der Waals surface area contributed by atoms with Crippen LogP contribution < -0.4 is 10.1 Å². The van der Waals surface area contributed by atoms with E-state index in [4.69, 9.17) is 9.47 Å². The minimum Gasteiger partial charge on any atom is -0.477 e. The molecule has 0 amide bonds. The lowest BCUT2D eigenvalue weighted by molar-refractivity contribution is -0.143. The number of halogens is 1. The van der Waals surface area contributed by atoms with E-state index in [-0.39, 0.29) is 5.97 Å². The number of rotatable bonds is 5. The quantitative estimate of drug-likeness (QED) is 0.847. The van der Waals surface area contributed by atoms with Crippen LogP contribution in [0.1, 0.15) is 18.9 Å². The van der Waals surface area contributed by atoms with Gasteiger partial charge in [-0.25, -0.2) is 4.79 Å². The zero-order chi connectivity index (χ0) is 13.0. The second kappa shape index (κ2) is 6.20. The molecule has 5 heteroatoms. The molecule has 0 radical (unpaired) electrons. The summed E-state index contributed by atoms with van der Waals surface area (Å²) in [6, 6.07) is 5.85. The van der Waals surface area contributed by atoms with Crippen LogP contribution in [0.4, 0.5) is 0 Å². The fourth-order valence-electron chi connectivity index (χ4n) is 1.81. The van der Waals surface area contributed by atoms with Gasteiger partial charge in [0.25, 0.3) is 0 Å². The van der Waals surface area contributed by atoms with Crippen LogP contribution in [0.25, 0.3) is 0 Å². The molecule has 1 heterocycles. The van der Waals surface area contributed by atoms with E-state index in [0.717, 1.165) is 22.3 Å². The van der Waals surface area contributed by atoms with Gasteiger partial charge in [0, 0.05) is 18.5 Å². The summed E-state index contributed by atoms with van der Waals surface area (Å²) in [5, 5.41) is 3.25. The zero-order valence-corrected chi connectivity index (χ0v) is 11.8. The van der Waals surface area contributed by atoms with Gasteiger partial charge in [-0.05, 0) is 28.5 Å². The molecule has 4 nitrogen and oxygen atoms in total. The fourth-order valence-corrected chi connectivity index (χ4v) is 2.31. The van der Waals surface area contributed by atoms with Gasteiger partial charge in [-0.1, -0.05) is 19.1 Å². The van der Waals surface area contributed by atoms with Crippen LogP contribution in [0.5, 0.6) is 5.75 Å². The van der Waals surface area contributed by atoms with Gasteiger partial charge in [-0.2, -0.15) is 0 Å². The molecule has 1 saturated heterocycles. The van der Waals surface area contributed by atoms with E-state index >= 15 is 0 Å². The summed E-state index contributed by atoms with van der Waals surface area (Å²) in [5.41, 5.74) is 1.03. The van der Waals surface area contributed by atoms with Crippen molar-refractivity contribution >= 4 is 21.9 Å². The maximum atomic E-state index is 11.4. The van der Waals surface area contributed by atoms with Gasteiger partial charge in [0.2, 0.25) is 0 Å². The molecule has 0 aliphatic carbocycles. The maximum Gasteiger partial charge on any atom is 0.347 e. The van der Waals surface area contributed by atoms with Crippen LogP contribution >= 0.6 is 15.9 Å². The number of ether oxygens (including phenoxy) is 2. The lowest BCUT2D eigenvalue weighted by atomic mass is 10.2. The Kier molecular flexibility index (Phi) is 4.60. The van der Waals surface area contributed by atoms with Crippen molar-refractivity contribution in [3.05, 3.63) is 28.2 Å². The molecule has 1 N–H and O–H groups in total. The average Bonchev–Trinajstić information content (AvgIpc) is 2.76. The van der Waals surface area contributed by atoms with Crippen molar-refractivity contribution in [3.8, 4) is 5.75 Å². The second-order valence-corrected chi connectivity index (χ2v) is 4.93. The third-order valence-corrected chi connectivity index (χ3v) is 3.39. The van der Waals surface area contributed by atoms with Crippen molar-refractivity contribution in [2.45, 2.75) is 26.0 Å². The molecule has 98 valence electrons. The van der Waals surface area contributed by atoms with Crippen molar-refractivity contribution in [1.29, 1.82) is 0 Å². The lowest BCUT2D eigenvalue weighted by Gasteiger charge is -2.16. The van der Waals surface area contributed by atoms with Gasteiger partial charge in [0.15, 0.2) is 6.10 Å². The van der Waals surface area contributed by atoms with Crippen molar-refractivity contribution < 1.29 is 14.3 Å². The smallest absolute Gasteiger partial charge is 0.347 e. The second-order valence-electron chi connectivity index (χ2n) is 4.07. The van der Waals surface area contributed by atoms with E-state index in [0.29, 0.717) is 19.6 Å². The summed E-state index contributed by atoms with van der Waals surface area (Å²) in [5.74, 6) is 0.447. The Morgan fingerprint density at radius 2 is 2.39 bits per heavy atom. The van der Waals surface area contributed by atoms with Crippen molar-refractivity contribution in [3.63, 3.8) is 0 Å². The number of benzene rings is 1. The van der Waals surface area contributed by atoms with Gasteiger partial charge in [0.05, 0.1) is 11.1 Å². The van der Waals surface area contributed by atoms with Crippen LogP contribution in [-0.4, -0.2) is 25.2 Å². The first-order valence-corrected chi connectivity index (χ1v) is 6.83. The van der Waals surface area contributed by atoms with Gasteiger partial charge in [0.1, 0.15) is 5.75 Å². The minimum atomic E-state index is -0.482. The number of nitrogens with one attached hydrogen (secondary N) is 1.